The molecule has 0 radical (unpaired) electrons. The summed E-state index contributed by atoms with van der Waals surface area (Å²) in [5.74, 6) is 0. The number of rotatable bonds is 17. The minimum atomic E-state index is 0.291. The van der Waals surface area contributed by atoms with E-state index in [1.54, 1.807) is 0 Å². The summed E-state index contributed by atoms with van der Waals surface area (Å²) in [4.78, 5) is 9.80. The lowest BCUT2D eigenvalue weighted by atomic mass is 9.93. The van der Waals surface area contributed by atoms with Gasteiger partial charge in [-0.1, -0.05) is 237 Å². The van der Waals surface area contributed by atoms with Crippen LogP contribution in [-0.2, 0) is 6.42 Å². The van der Waals surface area contributed by atoms with Crippen molar-refractivity contribution >= 4 is 73.2 Å². The number of anilines is 9. The van der Waals surface area contributed by atoms with Crippen LogP contribution in [0, 0.1) is 0 Å². The monoisotopic (exact) mass is 1240 g/mol. The molecule has 0 bridgehead atoms. The summed E-state index contributed by atoms with van der Waals surface area (Å²) in [6.07, 6.45) is 30.7. The SMILES string of the molecule is C1=CCCC(c2cccc(N(c3ccc(-c4ccc(N(C5=CCCC=C5)C5=CCCc6ccccc65)cc4)cc3)c3ccc(-c4ccc(N(c5ccc(-c6ccc(N(c7cccc8ccccc78)C7C=CCCC7)cc6)cc5)c5cccc(-c6ccccc6)c5)cc4)cc3)c2)=C1. The Morgan fingerprint density at radius 1 is 0.323 bits per heavy atom. The number of nitrogens with zero attached hydrogens (tertiary/aromatic N) is 4. The molecule has 4 aliphatic carbocycles. The summed E-state index contributed by atoms with van der Waals surface area (Å²) >= 11 is 0. The summed E-state index contributed by atoms with van der Waals surface area (Å²) in [7, 11) is 0. The summed E-state index contributed by atoms with van der Waals surface area (Å²) in [5.41, 5.74) is 27.4. The van der Waals surface area contributed by atoms with E-state index < -0.39 is 0 Å². The minimum absolute atomic E-state index is 0.291. The van der Waals surface area contributed by atoms with Gasteiger partial charge in [-0.25, -0.2) is 0 Å². The number of allylic oxidation sites excluding steroid dienone is 9. The van der Waals surface area contributed by atoms with Crippen LogP contribution in [0.4, 0.5) is 51.2 Å². The highest BCUT2D eigenvalue weighted by molar-refractivity contribution is 5.97. The highest BCUT2D eigenvalue weighted by Crippen LogP contribution is 2.44. The Morgan fingerprint density at radius 2 is 0.833 bits per heavy atom. The van der Waals surface area contributed by atoms with Crippen LogP contribution in [0.15, 0.2) is 352 Å². The summed E-state index contributed by atoms with van der Waals surface area (Å²) in [6.45, 7) is 0. The first-order valence-electron chi connectivity index (χ1n) is 34.3. The standard InChI is InChI=1S/C92H76N4/c1-5-21-67(22-6-1)77-29-17-35-87(65-77)93(83-57-45-71(46-58-83)73-49-61-85(62-50-73)95(79-31-9-3-10-32-79)91-39-19-27-75-25-13-15-37-89(75)91)81-53-41-69(42-54-81)70-43-55-82(56-44-70)94(88-36-18-30-78(66-88)68-23-7-2-8-24-68)84-59-47-72(48-60-84)74-51-63-86(64-52-74)96(80-33-11-4-12-34-80)92-40-20-28-76-26-14-16-38-90(76)92/h1-2,5-7,9,11,13-19,21-23,25-27,29-31,33-66,79H,3-4,8,10,12,20,24,28,32H2. The normalized spacial score (nSPS) is 14.9. The second-order valence-electron chi connectivity index (χ2n) is 25.6. The quantitative estimate of drug-likeness (QED) is 0.0843. The molecule has 464 valence electrons. The Morgan fingerprint density at radius 3 is 1.41 bits per heavy atom. The largest absolute Gasteiger partial charge is 0.334 e. The van der Waals surface area contributed by atoms with E-state index in [0.717, 1.165) is 96.6 Å². The third-order valence-corrected chi connectivity index (χ3v) is 19.6. The van der Waals surface area contributed by atoms with Crippen LogP contribution in [-0.4, -0.2) is 6.04 Å². The maximum Gasteiger partial charge on any atom is 0.0522 e. The van der Waals surface area contributed by atoms with Crippen molar-refractivity contribution in [2.45, 2.75) is 63.8 Å². The van der Waals surface area contributed by atoms with Crippen molar-refractivity contribution in [2.24, 2.45) is 0 Å². The van der Waals surface area contributed by atoms with E-state index in [-0.39, 0.29) is 0 Å². The van der Waals surface area contributed by atoms with E-state index in [2.05, 4.69) is 365 Å². The average Bonchev–Trinajstić information content (AvgIpc) is 0.817. The molecule has 0 aromatic heterocycles. The van der Waals surface area contributed by atoms with Crippen molar-refractivity contribution in [3.8, 4) is 44.5 Å². The fourth-order valence-electron chi connectivity index (χ4n) is 14.7. The molecule has 0 heterocycles. The molecule has 0 saturated carbocycles. The van der Waals surface area contributed by atoms with Crippen LogP contribution in [0.2, 0.25) is 0 Å². The zero-order valence-corrected chi connectivity index (χ0v) is 54.1. The maximum atomic E-state index is 2.55. The molecule has 4 heteroatoms. The average molecular weight is 1240 g/mol. The van der Waals surface area contributed by atoms with Crippen LogP contribution in [0.5, 0.6) is 0 Å². The topological polar surface area (TPSA) is 13.0 Å². The summed E-state index contributed by atoms with van der Waals surface area (Å²) in [6, 6.07) is 108. The Hall–Kier alpha value is -11.5. The molecule has 0 fully saturated rings. The zero-order chi connectivity index (χ0) is 64.0. The van der Waals surface area contributed by atoms with Crippen molar-refractivity contribution in [2.75, 3.05) is 19.6 Å². The molecule has 0 spiro atoms. The van der Waals surface area contributed by atoms with E-state index in [0.29, 0.717) is 6.04 Å². The molecule has 0 saturated heterocycles. The second-order valence-corrected chi connectivity index (χ2v) is 25.6. The molecule has 1 atom stereocenters. The first-order chi connectivity index (χ1) is 47.6. The Kier molecular flexibility index (Phi) is 16.9. The fraction of sp³-hybridized carbons (Fsp3) is 0.109. The maximum absolute atomic E-state index is 2.55. The molecule has 0 amide bonds. The predicted octanol–water partition coefficient (Wildman–Crippen LogP) is 25.5. The highest BCUT2D eigenvalue weighted by atomic mass is 15.2. The van der Waals surface area contributed by atoms with Gasteiger partial charge in [-0.15, -0.1) is 0 Å². The van der Waals surface area contributed by atoms with Gasteiger partial charge in [0.2, 0.25) is 0 Å². The Bertz CT molecular complexity index is 4930. The molecule has 12 aromatic rings. The third-order valence-electron chi connectivity index (χ3n) is 19.6. The molecule has 12 aromatic carbocycles. The van der Waals surface area contributed by atoms with Gasteiger partial charge < -0.3 is 19.6 Å². The van der Waals surface area contributed by atoms with Gasteiger partial charge in [-0.05, 0) is 234 Å². The van der Waals surface area contributed by atoms with E-state index in [9.17, 15) is 0 Å². The van der Waals surface area contributed by atoms with Gasteiger partial charge in [0.1, 0.15) is 0 Å². The van der Waals surface area contributed by atoms with Crippen LogP contribution in [0.1, 0.15) is 68.1 Å². The molecule has 96 heavy (non-hydrogen) atoms. The van der Waals surface area contributed by atoms with Crippen molar-refractivity contribution in [3.63, 3.8) is 0 Å². The summed E-state index contributed by atoms with van der Waals surface area (Å²) in [5, 5.41) is 2.53. The third kappa shape index (κ3) is 12.4. The lowest BCUT2D eigenvalue weighted by Gasteiger charge is -2.34. The van der Waals surface area contributed by atoms with Gasteiger partial charge in [-0.3, -0.25) is 0 Å². The number of hydrogen-bond acceptors (Lipinski definition) is 4. The smallest absolute Gasteiger partial charge is 0.0522 e. The molecule has 0 aliphatic heterocycles. The number of hydrogen-bond donors (Lipinski definition) is 0. The first kappa shape index (κ1) is 59.5. The first-order valence-corrected chi connectivity index (χ1v) is 34.3. The minimum Gasteiger partial charge on any atom is -0.334 e. The molecule has 0 N–H and O–H groups in total. The van der Waals surface area contributed by atoms with E-state index >= 15 is 0 Å². The van der Waals surface area contributed by atoms with Gasteiger partial charge in [0.25, 0.3) is 0 Å². The van der Waals surface area contributed by atoms with Crippen molar-refractivity contribution < 1.29 is 0 Å². The van der Waals surface area contributed by atoms with Crippen LogP contribution < -0.4 is 19.6 Å². The molecule has 4 nitrogen and oxygen atoms in total. The molecule has 4 aliphatic rings. The molecule has 1 unspecified atom stereocenters. The lowest BCUT2D eigenvalue weighted by Crippen LogP contribution is -2.30. The second kappa shape index (κ2) is 27.2. The summed E-state index contributed by atoms with van der Waals surface area (Å²) < 4.78 is 0. The number of aryl methyl sites for hydroxylation is 1. The molecule has 16 rings (SSSR count). The number of benzene rings is 12. The van der Waals surface area contributed by atoms with Crippen molar-refractivity contribution in [3.05, 3.63) is 368 Å². The van der Waals surface area contributed by atoms with E-state index in [4.69, 9.17) is 0 Å². The Labute approximate surface area is 566 Å². The van der Waals surface area contributed by atoms with Gasteiger partial charge in [0, 0.05) is 73.5 Å². The van der Waals surface area contributed by atoms with Crippen molar-refractivity contribution in [1.29, 1.82) is 0 Å². The van der Waals surface area contributed by atoms with Crippen LogP contribution in [0.3, 0.4) is 0 Å². The zero-order valence-electron chi connectivity index (χ0n) is 54.1. The predicted molar refractivity (Wildman–Crippen MR) is 408 cm³/mol. The molecular formula is C92H76N4. The van der Waals surface area contributed by atoms with Gasteiger partial charge in [-0.2, -0.15) is 0 Å². The lowest BCUT2D eigenvalue weighted by molar-refractivity contribution is 0.632. The van der Waals surface area contributed by atoms with Crippen molar-refractivity contribution in [1.82, 2.24) is 0 Å². The van der Waals surface area contributed by atoms with Gasteiger partial charge >= 0.3 is 0 Å². The van der Waals surface area contributed by atoms with Gasteiger partial charge in [0.05, 0.1) is 6.04 Å². The Balaban J connectivity index is 0.688. The molecular weight excluding hydrogens is 1160 g/mol. The fourth-order valence-corrected chi connectivity index (χ4v) is 14.7. The highest BCUT2D eigenvalue weighted by Gasteiger charge is 2.25. The van der Waals surface area contributed by atoms with E-state index in [1.807, 2.05) is 0 Å². The van der Waals surface area contributed by atoms with Crippen LogP contribution in [0.25, 0.3) is 66.6 Å². The van der Waals surface area contributed by atoms with Gasteiger partial charge in [0.15, 0.2) is 0 Å². The van der Waals surface area contributed by atoms with E-state index in [1.165, 1.54) is 101 Å². The van der Waals surface area contributed by atoms with Crippen LogP contribution >= 0.6 is 0 Å². The number of fused-ring (bicyclic) bond motifs is 2.